The monoisotopic (exact) mass is 618 g/mol. The van der Waals surface area contributed by atoms with Gasteiger partial charge in [0.05, 0.1) is 11.8 Å². The van der Waals surface area contributed by atoms with E-state index >= 15 is 0 Å². The lowest BCUT2D eigenvalue weighted by atomic mass is 10.0. The molecule has 0 unspecified atom stereocenters. The number of hydrogen-bond donors (Lipinski definition) is 1. The van der Waals surface area contributed by atoms with E-state index in [0.29, 0.717) is 28.3 Å². The summed E-state index contributed by atoms with van der Waals surface area (Å²) in [5.41, 5.74) is 3.54. The molecule has 0 saturated carbocycles. The predicted molar refractivity (Wildman–Crippen MR) is 166 cm³/mol. The Hall–Kier alpha value is -2.18. The zero-order valence-corrected chi connectivity index (χ0v) is 25.7. The second kappa shape index (κ2) is 20.7. The lowest BCUT2D eigenvalue weighted by molar-refractivity contribution is -0.121. The standard InChI is InChI=1S/C32H44BrClN2O3/c1-2-3-4-5-6-7-8-9-10-11-12-13-14-15-16-17-31(37)36-35-25-27-24-28(33)20-23-30(27)39-32(38)26-18-21-29(34)22-19-26/h18-25H,2-17H2,1H3,(H,36,37)/b35-25+. The van der Waals surface area contributed by atoms with Crippen LogP contribution in [0.2, 0.25) is 5.02 Å². The van der Waals surface area contributed by atoms with Crippen molar-refractivity contribution in [3.63, 3.8) is 0 Å². The van der Waals surface area contributed by atoms with Crippen molar-refractivity contribution < 1.29 is 14.3 Å². The topological polar surface area (TPSA) is 67.8 Å². The molecule has 0 fully saturated rings. The van der Waals surface area contributed by atoms with Crippen LogP contribution >= 0.6 is 27.5 Å². The van der Waals surface area contributed by atoms with E-state index in [9.17, 15) is 9.59 Å². The van der Waals surface area contributed by atoms with Crippen molar-refractivity contribution in [2.45, 2.75) is 110 Å². The molecule has 39 heavy (non-hydrogen) atoms. The first kappa shape index (κ1) is 33.0. The van der Waals surface area contributed by atoms with Gasteiger partial charge in [-0.25, -0.2) is 10.2 Å². The first-order chi connectivity index (χ1) is 19.0. The number of amides is 1. The maximum absolute atomic E-state index is 12.5. The number of benzene rings is 2. The molecular weight excluding hydrogens is 576 g/mol. The summed E-state index contributed by atoms with van der Waals surface area (Å²) in [7, 11) is 0. The highest BCUT2D eigenvalue weighted by Crippen LogP contribution is 2.23. The Bertz CT molecular complexity index is 1010. The van der Waals surface area contributed by atoms with Gasteiger partial charge in [0.25, 0.3) is 0 Å². The molecule has 1 N–H and O–H groups in total. The molecule has 2 aromatic rings. The average molecular weight is 620 g/mol. The molecule has 0 aliphatic rings. The number of halogens is 2. The SMILES string of the molecule is CCCCCCCCCCCCCCCCCC(=O)N/N=C/c1cc(Br)ccc1OC(=O)c1ccc(Cl)cc1. The minimum Gasteiger partial charge on any atom is -0.422 e. The molecular formula is C32H44BrClN2O3. The van der Waals surface area contributed by atoms with E-state index in [0.717, 1.165) is 17.3 Å². The second-order valence-corrected chi connectivity index (χ2v) is 11.4. The van der Waals surface area contributed by atoms with Gasteiger partial charge in [-0.3, -0.25) is 4.79 Å². The summed E-state index contributed by atoms with van der Waals surface area (Å²) in [4.78, 5) is 24.7. The van der Waals surface area contributed by atoms with Crippen LogP contribution < -0.4 is 10.2 Å². The molecule has 2 rings (SSSR count). The molecule has 0 spiro atoms. The van der Waals surface area contributed by atoms with Gasteiger partial charge < -0.3 is 4.74 Å². The summed E-state index contributed by atoms with van der Waals surface area (Å²) < 4.78 is 6.34. The maximum atomic E-state index is 12.5. The van der Waals surface area contributed by atoms with E-state index < -0.39 is 5.97 Å². The number of hydrazone groups is 1. The highest BCUT2D eigenvalue weighted by molar-refractivity contribution is 9.10. The second-order valence-electron chi connectivity index (χ2n) is 10.1. The number of ether oxygens (including phenoxy) is 1. The first-order valence-electron chi connectivity index (χ1n) is 14.6. The molecule has 0 radical (unpaired) electrons. The summed E-state index contributed by atoms with van der Waals surface area (Å²) in [6, 6.07) is 11.7. The van der Waals surface area contributed by atoms with Crippen molar-refractivity contribution in [2.24, 2.45) is 5.10 Å². The molecule has 5 nitrogen and oxygen atoms in total. The first-order valence-corrected chi connectivity index (χ1v) is 15.8. The highest BCUT2D eigenvalue weighted by atomic mass is 79.9. The highest BCUT2D eigenvalue weighted by Gasteiger charge is 2.12. The minimum absolute atomic E-state index is 0.115. The number of carbonyl (C=O) groups excluding carboxylic acids is 2. The molecule has 0 aromatic heterocycles. The van der Waals surface area contributed by atoms with Crippen LogP contribution in [-0.2, 0) is 4.79 Å². The molecule has 214 valence electrons. The zero-order valence-electron chi connectivity index (χ0n) is 23.4. The average Bonchev–Trinajstić information content (AvgIpc) is 2.92. The smallest absolute Gasteiger partial charge is 0.343 e. The quantitative estimate of drug-likeness (QED) is 0.0527. The van der Waals surface area contributed by atoms with Gasteiger partial charge in [-0.1, -0.05) is 124 Å². The maximum Gasteiger partial charge on any atom is 0.343 e. The Morgan fingerprint density at radius 2 is 1.36 bits per heavy atom. The lowest BCUT2D eigenvalue weighted by Gasteiger charge is -2.08. The van der Waals surface area contributed by atoms with Crippen molar-refractivity contribution in [1.29, 1.82) is 0 Å². The van der Waals surface area contributed by atoms with Crippen LogP contribution in [0, 0.1) is 0 Å². The van der Waals surface area contributed by atoms with Gasteiger partial charge in [0, 0.05) is 21.5 Å². The van der Waals surface area contributed by atoms with Gasteiger partial charge in [-0.2, -0.15) is 5.10 Å². The third-order valence-corrected chi connectivity index (χ3v) is 7.40. The number of esters is 1. The fourth-order valence-electron chi connectivity index (χ4n) is 4.34. The van der Waals surface area contributed by atoms with Gasteiger partial charge in [0.15, 0.2) is 0 Å². The number of carbonyl (C=O) groups is 2. The molecule has 2 aromatic carbocycles. The Morgan fingerprint density at radius 1 is 0.821 bits per heavy atom. The van der Waals surface area contributed by atoms with E-state index in [2.05, 4.69) is 33.4 Å². The molecule has 1 amide bonds. The largest absolute Gasteiger partial charge is 0.422 e. The van der Waals surface area contributed by atoms with Gasteiger partial charge in [0.2, 0.25) is 5.91 Å². The lowest BCUT2D eigenvalue weighted by Crippen LogP contribution is -2.17. The summed E-state index contributed by atoms with van der Waals surface area (Å²) in [5.74, 6) is -0.268. The van der Waals surface area contributed by atoms with Crippen LogP contribution in [-0.4, -0.2) is 18.1 Å². The minimum atomic E-state index is -0.499. The van der Waals surface area contributed by atoms with Crippen LogP contribution in [0.5, 0.6) is 5.75 Å². The molecule has 0 atom stereocenters. The number of nitrogens with one attached hydrogen (secondary N) is 1. The Morgan fingerprint density at radius 3 is 1.92 bits per heavy atom. The van der Waals surface area contributed by atoms with E-state index in [1.807, 2.05) is 0 Å². The third-order valence-electron chi connectivity index (χ3n) is 6.65. The molecule has 0 heterocycles. The van der Waals surface area contributed by atoms with Crippen LogP contribution in [0.15, 0.2) is 52.0 Å². The number of rotatable bonds is 20. The van der Waals surface area contributed by atoms with E-state index in [4.69, 9.17) is 16.3 Å². The third kappa shape index (κ3) is 15.3. The fourth-order valence-corrected chi connectivity index (χ4v) is 4.85. The van der Waals surface area contributed by atoms with Gasteiger partial charge >= 0.3 is 5.97 Å². The Kier molecular flexibility index (Phi) is 17.5. The molecule has 0 saturated heterocycles. The van der Waals surface area contributed by atoms with Crippen LogP contribution in [0.4, 0.5) is 0 Å². The van der Waals surface area contributed by atoms with Crippen molar-refractivity contribution in [1.82, 2.24) is 5.43 Å². The molecule has 0 aliphatic carbocycles. The summed E-state index contributed by atoms with van der Waals surface area (Å²) in [6.45, 7) is 2.27. The van der Waals surface area contributed by atoms with Gasteiger partial charge in [0.1, 0.15) is 5.75 Å². The Labute approximate surface area is 248 Å². The number of nitrogens with zero attached hydrogens (tertiary/aromatic N) is 1. The van der Waals surface area contributed by atoms with E-state index in [1.54, 1.807) is 42.5 Å². The summed E-state index contributed by atoms with van der Waals surface area (Å²) >= 11 is 9.31. The van der Waals surface area contributed by atoms with Crippen LogP contribution in [0.25, 0.3) is 0 Å². The normalized spacial score (nSPS) is 11.2. The summed E-state index contributed by atoms with van der Waals surface area (Å²) in [5, 5.41) is 4.61. The fraction of sp³-hybridized carbons (Fsp3) is 0.531. The molecule has 7 heteroatoms. The van der Waals surface area contributed by atoms with Crippen molar-refractivity contribution in [3.05, 3.63) is 63.1 Å². The van der Waals surface area contributed by atoms with Gasteiger partial charge in [-0.15, -0.1) is 0 Å². The molecule has 0 aliphatic heterocycles. The summed E-state index contributed by atoms with van der Waals surface area (Å²) in [6.07, 6.45) is 21.4. The van der Waals surface area contributed by atoms with Crippen LogP contribution in [0.3, 0.4) is 0 Å². The number of unbranched alkanes of at least 4 members (excludes halogenated alkanes) is 14. The Balaban J connectivity index is 1.57. The van der Waals surface area contributed by atoms with Crippen LogP contribution in [0.1, 0.15) is 126 Å². The van der Waals surface area contributed by atoms with Gasteiger partial charge in [-0.05, 0) is 48.9 Å². The van der Waals surface area contributed by atoms with Crippen molar-refractivity contribution in [2.75, 3.05) is 0 Å². The number of hydrogen-bond acceptors (Lipinski definition) is 4. The van der Waals surface area contributed by atoms with E-state index in [1.165, 1.54) is 89.7 Å². The van der Waals surface area contributed by atoms with Crippen molar-refractivity contribution >= 4 is 45.6 Å². The zero-order chi connectivity index (χ0) is 28.1. The van der Waals surface area contributed by atoms with Crippen molar-refractivity contribution in [3.8, 4) is 5.75 Å². The predicted octanol–water partition coefficient (Wildman–Crippen LogP) is 10.0. The molecule has 0 bridgehead atoms. The van der Waals surface area contributed by atoms with E-state index in [-0.39, 0.29) is 5.91 Å².